The first-order chi connectivity index (χ1) is 12.8. The smallest absolute Gasteiger partial charge is 0.243 e. The number of ether oxygens (including phenoxy) is 3. The number of hydrogen-bond donors (Lipinski definition) is 0. The second-order valence-corrected chi connectivity index (χ2v) is 8.56. The van der Waals surface area contributed by atoms with Crippen LogP contribution in [0.5, 0.6) is 17.2 Å². The van der Waals surface area contributed by atoms with Crippen molar-refractivity contribution in [2.75, 3.05) is 27.9 Å². The Labute approximate surface area is 160 Å². The lowest BCUT2D eigenvalue weighted by molar-refractivity contribution is 0.348. The van der Waals surface area contributed by atoms with Gasteiger partial charge in [-0.05, 0) is 66.8 Å². The van der Waals surface area contributed by atoms with Gasteiger partial charge in [0, 0.05) is 13.1 Å². The van der Waals surface area contributed by atoms with Crippen molar-refractivity contribution in [1.29, 1.82) is 0 Å². The third-order valence-electron chi connectivity index (χ3n) is 4.99. The highest BCUT2D eigenvalue weighted by molar-refractivity contribution is 7.89. The van der Waals surface area contributed by atoms with Gasteiger partial charge in [-0.1, -0.05) is 0 Å². The molecule has 7 heteroatoms. The number of aryl methyl sites for hydroxylation is 2. The van der Waals surface area contributed by atoms with Crippen LogP contribution in [0.2, 0.25) is 0 Å². The fourth-order valence-electron chi connectivity index (χ4n) is 3.46. The molecule has 0 saturated heterocycles. The summed E-state index contributed by atoms with van der Waals surface area (Å²) in [5, 5.41) is 0. The lowest BCUT2D eigenvalue weighted by Gasteiger charge is -2.29. The first-order valence-electron chi connectivity index (χ1n) is 8.71. The minimum atomic E-state index is -3.61. The number of sulfonamides is 1. The third-order valence-corrected chi connectivity index (χ3v) is 6.98. The summed E-state index contributed by atoms with van der Waals surface area (Å²) in [5.74, 6) is 1.95. The summed E-state index contributed by atoms with van der Waals surface area (Å²) in [6.45, 7) is 4.37. The lowest BCUT2D eigenvalue weighted by atomic mass is 10.0. The van der Waals surface area contributed by atoms with Crippen molar-refractivity contribution in [3.63, 3.8) is 0 Å². The molecule has 0 saturated carbocycles. The van der Waals surface area contributed by atoms with E-state index in [2.05, 4.69) is 0 Å². The second-order valence-electron chi connectivity index (χ2n) is 6.65. The molecule has 0 amide bonds. The number of benzene rings is 2. The number of nitrogens with zero attached hydrogens (tertiary/aromatic N) is 1. The lowest BCUT2D eigenvalue weighted by Crippen LogP contribution is -2.36. The second kappa shape index (κ2) is 7.40. The molecule has 146 valence electrons. The third kappa shape index (κ3) is 3.49. The summed E-state index contributed by atoms with van der Waals surface area (Å²) in [4.78, 5) is 0.324. The Morgan fingerprint density at radius 3 is 2.00 bits per heavy atom. The maximum atomic E-state index is 13.3. The van der Waals surface area contributed by atoms with Crippen molar-refractivity contribution in [3.8, 4) is 17.2 Å². The Kier molecular flexibility index (Phi) is 5.35. The normalized spacial score (nSPS) is 14.6. The van der Waals surface area contributed by atoms with Crippen LogP contribution >= 0.6 is 0 Å². The van der Waals surface area contributed by atoms with Crippen LogP contribution in [0.15, 0.2) is 29.2 Å². The molecular formula is C20H25NO5S. The zero-order valence-corrected chi connectivity index (χ0v) is 17.1. The van der Waals surface area contributed by atoms with E-state index >= 15 is 0 Å². The molecule has 3 rings (SSSR count). The summed E-state index contributed by atoms with van der Waals surface area (Å²) in [7, 11) is 1.14. The quantitative estimate of drug-likeness (QED) is 0.784. The Hall–Kier alpha value is -2.25. The highest BCUT2D eigenvalue weighted by Crippen LogP contribution is 2.35. The number of rotatable bonds is 5. The summed E-state index contributed by atoms with van der Waals surface area (Å²) >= 11 is 0. The highest BCUT2D eigenvalue weighted by atomic mass is 32.2. The minimum absolute atomic E-state index is 0.308. The van der Waals surface area contributed by atoms with Crippen molar-refractivity contribution in [3.05, 3.63) is 46.5 Å². The Bertz CT molecular complexity index is 969. The van der Waals surface area contributed by atoms with Gasteiger partial charge in [0.05, 0.1) is 26.2 Å². The fraction of sp³-hybridized carbons (Fsp3) is 0.400. The van der Waals surface area contributed by atoms with Crippen LogP contribution < -0.4 is 14.2 Å². The fourth-order valence-corrected chi connectivity index (χ4v) is 5.17. The van der Waals surface area contributed by atoms with Gasteiger partial charge in [0.15, 0.2) is 11.5 Å². The zero-order valence-electron chi connectivity index (χ0n) is 16.3. The minimum Gasteiger partial charge on any atom is -0.496 e. The van der Waals surface area contributed by atoms with Crippen LogP contribution in [0, 0.1) is 13.8 Å². The van der Waals surface area contributed by atoms with E-state index in [-0.39, 0.29) is 0 Å². The number of fused-ring (bicyclic) bond motifs is 1. The SMILES string of the molecule is COc1cc(C)c(S(=O)(=O)N2CCc3cc(OC)c(OC)cc3C2)cc1C. The largest absolute Gasteiger partial charge is 0.496 e. The molecule has 1 aliphatic rings. The van der Waals surface area contributed by atoms with Gasteiger partial charge in [0.25, 0.3) is 0 Å². The molecule has 0 fully saturated rings. The summed E-state index contributed by atoms with van der Waals surface area (Å²) < 4.78 is 44.1. The molecule has 0 radical (unpaired) electrons. The molecule has 6 nitrogen and oxygen atoms in total. The van der Waals surface area contributed by atoms with Crippen molar-refractivity contribution < 1.29 is 22.6 Å². The summed E-state index contributed by atoms with van der Waals surface area (Å²) in [5.41, 5.74) is 3.49. The highest BCUT2D eigenvalue weighted by Gasteiger charge is 2.31. The van der Waals surface area contributed by atoms with E-state index in [4.69, 9.17) is 14.2 Å². The molecule has 2 aromatic carbocycles. The summed E-state index contributed by atoms with van der Waals surface area (Å²) in [6.07, 6.45) is 0.628. The van der Waals surface area contributed by atoms with Gasteiger partial charge >= 0.3 is 0 Å². The van der Waals surface area contributed by atoms with Crippen LogP contribution in [0.4, 0.5) is 0 Å². The van der Waals surface area contributed by atoms with Gasteiger partial charge in [0.1, 0.15) is 5.75 Å². The van der Waals surface area contributed by atoms with E-state index in [0.717, 1.165) is 16.7 Å². The molecule has 0 aliphatic carbocycles. The Morgan fingerprint density at radius 2 is 1.41 bits per heavy atom. The van der Waals surface area contributed by atoms with Crippen LogP contribution in [-0.4, -0.2) is 40.6 Å². The monoisotopic (exact) mass is 391 g/mol. The maximum Gasteiger partial charge on any atom is 0.243 e. The van der Waals surface area contributed by atoms with Crippen LogP contribution in [0.25, 0.3) is 0 Å². The molecule has 2 aromatic rings. The molecule has 0 aromatic heterocycles. The van der Waals surface area contributed by atoms with E-state index in [1.165, 1.54) is 4.31 Å². The Balaban J connectivity index is 1.98. The van der Waals surface area contributed by atoms with Crippen LogP contribution in [0.3, 0.4) is 0 Å². The molecule has 0 spiro atoms. The van der Waals surface area contributed by atoms with Crippen molar-refractivity contribution in [2.45, 2.75) is 31.7 Å². The van der Waals surface area contributed by atoms with Gasteiger partial charge in [-0.3, -0.25) is 0 Å². The first-order valence-corrected chi connectivity index (χ1v) is 10.1. The maximum absolute atomic E-state index is 13.3. The molecule has 1 heterocycles. The summed E-state index contributed by atoms with van der Waals surface area (Å²) in [6, 6.07) is 7.25. The van der Waals surface area contributed by atoms with Gasteiger partial charge in [0.2, 0.25) is 10.0 Å². The van der Waals surface area contributed by atoms with E-state index < -0.39 is 10.0 Å². The van der Waals surface area contributed by atoms with Gasteiger partial charge < -0.3 is 14.2 Å². The van der Waals surface area contributed by atoms with Crippen LogP contribution in [0.1, 0.15) is 22.3 Å². The Morgan fingerprint density at radius 1 is 0.815 bits per heavy atom. The molecule has 0 N–H and O–H groups in total. The van der Waals surface area contributed by atoms with Crippen molar-refractivity contribution in [1.82, 2.24) is 4.31 Å². The van der Waals surface area contributed by atoms with Crippen LogP contribution in [-0.2, 0) is 23.0 Å². The predicted molar refractivity (Wildman–Crippen MR) is 103 cm³/mol. The average Bonchev–Trinajstić information content (AvgIpc) is 2.67. The molecular weight excluding hydrogens is 366 g/mol. The van der Waals surface area contributed by atoms with Gasteiger partial charge in [-0.15, -0.1) is 0 Å². The predicted octanol–water partition coefficient (Wildman–Crippen LogP) is 3.08. The van der Waals surface area contributed by atoms with E-state index in [1.807, 2.05) is 19.1 Å². The van der Waals surface area contributed by atoms with E-state index in [0.29, 0.717) is 47.2 Å². The number of hydrogen-bond acceptors (Lipinski definition) is 5. The van der Waals surface area contributed by atoms with Crippen molar-refractivity contribution >= 4 is 10.0 Å². The van der Waals surface area contributed by atoms with E-state index in [1.54, 1.807) is 40.4 Å². The number of methoxy groups -OCH3 is 3. The molecule has 27 heavy (non-hydrogen) atoms. The first kappa shape index (κ1) is 19.5. The molecule has 0 unspecified atom stereocenters. The van der Waals surface area contributed by atoms with Gasteiger partial charge in [-0.25, -0.2) is 8.42 Å². The molecule has 0 bridgehead atoms. The topological polar surface area (TPSA) is 65.1 Å². The molecule has 0 atom stereocenters. The van der Waals surface area contributed by atoms with E-state index in [9.17, 15) is 8.42 Å². The van der Waals surface area contributed by atoms with Gasteiger partial charge in [-0.2, -0.15) is 4.31 Å². The average molecular weight is 391 g/mol. The van der Waals surface area contributed by atoms with Crippen molar-refractivity contribution in [2.24, 2.45) is 0 Å². The zero-order chi connectivity index (χ0) is 19.8. The molecule has 1 aliphatic heterocycles. The standard InChI is InChI=1S/C20H25NO5S/c1-13-9-20(14(2)8-17(13)24-3)27(22,23)21-7-6-15-10-18(25-4)19(26-5)11-16(15)12-21/h8-11H,6-7,12H2,1-5H3.